The van der Waals surface area contributed by atoms with Crippen molar-refractivity contribution in [2.45, 2.75) is 38.2 Å². The SMILES string of the molecule is O=C(O)OC1C=CCCCCC1. The molecule has 0 fully saturated rings. The van der Waals surface area contributed by atoms with Crippen molar-refractivity contribution in [1.29, 1.82) is 0 Å². The molecule has 0 amide bonds. The van der Waals surface area contributed by atoms with Crippen LogP contribution in [0.4, 0.5) is 4.79 Å². The molecule has 0 aromatic heterocycles. The molecule has 1 aliphatic rings. The van der Waals surface area contributed by atoms with E-state index in [4.69, 9.17) is 5.11 Å². The van der Waals surface area contributed by atoms with Crippen molar-refractivity contribution < 1.29 is 14.6 Å². The van der Waals surface area contributed by atoms with E-state index in [1.807, 2.05) is 12.2 Å². The summed E-state index contributed by atoms with van der Waals surface area (Å²) in [5.74, 6) is 0. The lowest BCUT2D eigenvalue weighted by Crippen LogP contribution is -2.14. The topological polar surface area (TPSA) is 46.5 Å². The first-order valence-electron chi connectivity index (χ1n) is 4.35. The minimum Gasteiger partial charge on any atom is -0.450 e. The zero-order valence-electron chi connectivity index (χ0n) is 7.03. The molecule has 1 atom stereocenters. The summed E-state index contributed by atoms with van der Waals surface area (Å²) in [5.41, 5.74) is 0. The maximum Gasteiger partial charge on any atom is 0.506 e. The lowest BCUT2D eigenvalue weighted by molar-refractivity contribution is 0.0649. The van der Waals surface area contributed by atoms with Gasteiger partial charge in [-0.25, -0.2) is 4.79 Å². The fourth-order valence-corrected chi connectivity index (χ4v) is 1.36. The summed E-state index contributed by atoms with van der Waals surface area (Å²) in [7, 11) is 0. The van der Waals surface area contributed by atoms with Gasteiger partial charge in [0, 0.05) is 0 Å². The summed E-state index contributed by atoms with van der Waals surface area (Å²) in [5, 5.41) is 8.37. The average Bonchev–Trinajstić information content (AvgIpc) is 1.93. The summed E-state index contributed by atoms with van der Waals surface area (Å²) >= 11 is 0. The second kappa shape index (κ2) is 4.80. The Labute approximate surface area is 72.0 Å². The Hall–Kier alpha value is -0.990. The number of carboxylic acid groups (broad SMARTS) is 1. The molecule has 3 nitrogen and oxygen atoms in total. The highest BCUT2D eigenvalue weighted by Crippen LogP contribution is 2.13. The Kier molecular flexibility index (Phi) is 3.64. The van der Waals surface area contributed by atoms with E-state index in [-0.39, 0.29) is 6.10 Å². The van der Waals surface area contributed by atoms with E-state index >= 15 is 0 Å². The summed E-state index contributed by atoms with van der Waals surface area (Å²) in [6, 6.07) is 0. The van der Waals surface area contributed by atoms with E-state index in [0.29, 0.717) is 0 Å². The van der Waals surface area contributed by atoms with Crippen molar-refractivity contribution >= 4 is 6.16 Å². The van der Waals surface area contributed by atoms with Crippen LogP contribution < -0.4 is 0 Å². The molecular formula is C9H14O3. The van der Waals surface area contributed by atoms with E-state index in [1.165, 1.54) is 12.8 Å². The summed E-state index contributed by atoms with van der Waals surface area (Å²) in [6.07, 6.45) is 7.76. The number of hydrogen-bond donors (Lipinski definition) is 1. The Morgan fingerprint density at radius 3 is 3.00 bits per heavy atom. The van der Waals surface area contributed by atoms with Crippen LogP contribution in [0.3, 0.4) is 0 Å². The van der Waals surface area contributed by atoms with E-state index in [1.54, 1.807) is 0 Å². The zero-order valence-corrected chi connectivity index (χ0v) is 7.03. The van der Waals surface area contributed by atoms with Gasteiger partial charge in [0.15, 0.2) is 0 Å². The van der Waals surface area contributed by atoms with Crippen LogP contribution in [0, 0.1) is 0 Å². The third-order valence-corrected chi connectivity index (χ3v) is 1.96. The van der Waals surface area contributed by atoms with Crippen molar-refractivity contribution in [3.8, 4) is 0 Å². The van der Waals surface area contributed by atoms with Gasteiger partial charge in [-0.3, -0.25) is 0 Å². The second-order valence-electron chi connectivity index (χ2n) is 2.99. The summed E-state index contributed by atoms with van der Waals surface area (Å²) in [6.45, 7) is 0. The molecule has 68 valence electrons. The number of ether oxygens (including phenoxy) is 1. The molecule has 1 rings (SSSR count). The first-order chi connectivity index (χ1) is 5.79. The molecule has 1 N–H and O–H groups in total. The van der Waals surface area contributed by atoms with E-state index in [0.717, 1.165) is 19.3 Å². The van der Waals surface area contributed by atoms with Crippen molar-refractivity contribution in [1.82, 2.24) is 0 Å². The van der Waals surface area contributed by atoms with Gasteiger partial charge >= 0.3 is 6.16 Å². The van der Waals surface area contributed by atoms with Crippen LogP contribution in [0.5, 0.6) is 0 Å². The van der Waals surface area contributed by atoms with Crippen molar-refractivity contribution in [3.05, 3.63) is 12.2 Å². The molecule has 1 aliphatic carbocycles. The molecule has 0 radical (unpaired) electrons. The molecule has 0 saturated heterocycles. The molecule has 0 heterocycles. The molecule has 0 bridgehead atoms. The smallest absolute Gasteiger partial charge is 0.450 e. The van der Waals surface area contributed by atoms with Crippen LogP contribution in [-0.4, -0.2) is 17.4 Å². The van der Waals surface area contributed by atoms with Crippen LogP contribution in [0.1, 0.15) is 32.1 Å². The number of hydrogen-bond acceptors (Lipinski definition) is 2. The summed E-state index contributed by atoms with van der Waals surface area (Å²) in [4.78, 5) is 10.2. The largest absolute Gasteiger partial charge is 0.506 e. The van der Waals surface area contributed by atoms with Gasteiger partial charge in [-0.1, -0.05) is 12.5 Å². The highest BCUT2D eigenvalue weighted by atomic mass is 16.7. The van der Waals surface area contributed by atoms with Crippen LogP contribution in [0.25, 0.3) is 0 Å². The van der Waals surface area contributed by atoms with Gasteiger partial charge in [-0.2, -0.15) is 0 Å². The zero-order chi connectivity index (χ0) is 8.81. The molecule has 1 unspecified atom stereocenters. The number of rotatable bonds is 1. The van der Waals surface area contributed by atoms with Crippen LogP contribution in [-0.2, 0) is 4.74 Å². The highest BCUT2D eigenvalue weighted by Gasteiger charge is 2.10. The normalized spacial score (nSPS) is 24.2. The Bertz CT molecular complexity index is 175. The highest BCUT2D eigenvalue weighted by molar-refractivity contribution is 5.57. The third kappa shape index (κ3) is 3.42. The van der Waals surface area contributed by atoms with E-state index in [9.17, 15) is 4.79 Å². The monoisotopic (exact) mass is 170 g/mol. The van der Waals surface area contributed by atoms with Gasteiger partial charge in [0.1, 0.15) is 6.10 Å². The van der Waals surface area contributed by atoms with Gasteiger partial charge in [-0.15, -0.1) is 0 Å². The minimum absolute atomic E-state index is 0.220. The molecule has 0 aromatic carbocycles. The summed E-state index contributed by atoms with van der Waals surface area (Å²) < 4.78 is 4.66. The quantitative estimate of drug-likeness (QED) is 0.486. The fraction of sp³-hybridized carbons (Fsp3) is 0.667. The van der Waals surface area contributed by atoms with Gasteiger partial charge in [0.25, 0.3) is 0 Å². The van der Waals surface area contributed by atoms with Gasteiger partial charge < -0.3 is 9.84 Å². The third-order valence-electron chi connectivity index (χ3n) is 1.96. The molecule has 3 heteroatoms. The van der Waals surface area contributed by atoms with Crippen molar-refractivity contribution in [3.63, 3.8) is 0 Å². The maximum absolute atomic E-state index is 10.2. The first-order valence-corrected chi connectivity index (χ1v) is 4.35. The Morgan fingerprint density at radius 2 is 2.25 bits per heavy atom. The molecule has 0 aliphatic heterocycles. The number of carbonyl (C=O) groups is 1. The number of allylic oxidation sites excluding steroid dienone is 1. The van der Waals surface area contributed by atoms with Crippen LogP contribution >= 0.6 is 0 Å². The first kappa shape index (κ1) is 9.10. The van der Waals surface area contributed by atoms with Gasteiger partial charge in [0.2, 0.25) is 0 Å². The van der Waals surface area contributed by atoms with Crippen LogP contribution in [0.2, 0.25) is 0 Å². The Balaban J connectivity index is 2.38. The minimum atomic E-state index is -1.18. The van der Waals surface area contributed by atoms with E-state index < -0.39 is 6.16 Å². The predicted molar refractivity (Wildman–Crippen MR) is 45.1 cm³/mol. The lowest BCUT2D eigenvalue weighted by Gasteiger charge is -2.13. The molecule has 0 spiro atoms. The van der Waals surface area contributed by atoms with Crippen molar-refractivity contribution in [2.75, 3.05) is 0 Å². The Morgan fingerprint density at radius 1 is 1.42 bits per heavy atom. The molecule has 12 heavy (non-hydrogen) atoms. The average molecular weight is 170 g/mol. The van der Waals surface area contributed by atoms with Crippen molar-refractivity contribution in [2.24, 2.45) is 0 Å². The molecule has 0 aromatic rings. The standard InChI is InChI=1S/C9H14O3/c10-9(11)12-8-6-4-2-1-3-5-7-8/h4,6,8H,1-3,5,7H2,(H,10,11). The van der Waals surface area contributed by atoms with Gasteiger partial charge in [-0.05, 0) is 31.8 Å². The lowest BCUT2D eigenvalue weighted by atomic mass is 10.0. The van der Waals surface area contributed by atoms with E-state index in [2.05, 4.69) is 4.74 Å². The molecular weight excluding hydrogens is 156 g/mol. The maximum atomic E-state index is 10.2. The molecule has 0 saturated carbocycles. The van der Waals surface area contributed by atoms with Crippen LogP contribution in [0.15, 0.2) is 12.2 Å². The predicted octanol–water partition coefficient (Wildman–Crippen LogP) is 2.57. The van der Waals surface area contributed by atoms with Gasteiger partial charge in [0.05, 0.1) is 0 Å². The second-order valence-corrected chi connectivity index (χ2v) is 2.99. The fourth-order valence-electron chi connectivity index (χ4n) is 1.36.